The Balaban J connectivity index is 1.93. The zero-order valence-corrected chi connectivity index (χ0v) is 14.0. The number of nitrogens with one attached hydrogen (secondary N) is 1. The normalized spacial score (nSPS) is 20.7. The maximum atomic E-state index is 12.4. The van der Waals surface area contributed by atoms with E-state index in [4.69, 9.17) is 0 Å². The van der Waals surface area contributed by atoms with Crippen LogP contribution in [0.5, 0.6) is 0 Å². The van der Waals surface area contributed by atoms with Crippen molar-refractivity contribution in [3.8, 4) is 0 Å². The van der Waals surface area contributed by atoms with Gasteiger partial charge in [-0.1, -0.05) is 13.0 Å². The van der Waals surface area contributed by atoms with Gasteiger partial charge in [-0.25, -0.2) is 0 Å². The molecule has 1 fully saturated rings. The van der Waals surface area contributed by atoms with Gasteiger partial charge in [-0.2, -0.15) is 0 Å². The van der Waals surface area contributed by atoms with Crippen LogP contribution in [0.4, 0.5) is 0 Å². The zero-order valence-electron chi connectivity index (χ0n) is 13.2. The lowest BCUT2D eigenvalue weighted by molar-refractivity contribution is -0.138. The van der Waals surface area contributed by atoms with E-state index in [-0.39, 0.29) is 18.4 Å². The number of hydrogen-bond donors (Lipinski definition) is 2. The van der Waals surface area contributed by atoms with E-state index in [9.17, 15) is 14.7 Å². The van der Waals surface area contributed by atoms with Crippen LogP contribution < -0.4 is 5.32 Å². The van der Waals surface area contributed by atoms with Gasteiger partial charge in [0, 0.05) is 17.8 Å². The first-order chi connectivity index (χ1) is 10.5. The molecule has 2 unspecified atom stereocenters. The van der Waals surface area contributed by atoms with Crippen LogP contribution in [0.3, 0.4) is 0 Å². The highest BCUT2D eigenvalue weighted by molar-refractivity contribution is 7.10. The van der Waals surface area contributed by atoms with E-state index in [0.29, 0.717) is 19.4 Å². The fourth-order valence-corrected chi connectivity index (χ4v) is 3.53. The monoisotopic (exact) mass is 324 g/mol. The largest absolute Gasteiger partial charge is 0.383 e. The Morgan fingerprint density at radius 3 is 2.95 bits per heavy atom. The van der Waals surface area contributed by atoms with Gasteiger partial charge in [0.05, 0.1) is 6.54 Å². The molecule has 122 valence electrons. The first kappa shape index (κ1) is 17.0. The Morgan fingerprint density at radius 2 is 2.32 bits per heavy atom. The van der Waals surface area contributed by atoms with Crippen LogP contribution in [0.15, 0.2) is 17.5 Å². The Labute approximate surface area is 135 Å². The van der Waals surface area contributed by atoms with Gasteiger partial charge >= 0.3 is 0 Å². The predicted octanol–water partition coefficient (Wildman–Crippen LogP) is 1.86. The van der Waals surface area contributed by atoms with E-state index >= 15 is 0 Å². The fraction of sp³-hybridized carbons (Fsp3) is 0.625. The smallest absolute Gasteiger partial charge is 0.242 e. The topological polar surface area (TPSA) is 69.6 Å². The van der Waals surface area contributed by atoms with Crippen molar-refractivity contribution in [1.29, 1.82) is 0 Å². The van der Waals surface area contributed by atoms with E-state index in [0.717, 1.165) is 17.7 Å². The molecule has 0 saturated carbocycles. The molecule has 2 heterocycles. The molecule has 1 aliphatic heterocycles. The third-order valence-electron chi connectivity index (χ3n) is 4.00. The second kappa shape index (κ2) is 7.24. The number of hydrogen-bond acceptors (Lipinski definition) is 4. The highest BCUT2D eigenvalue weighted by Gasteiger charge is 2.34. The summed E-state index contributed by atoms with van der Waals surface area (Å²) >= 11 is 1.46. The first-order valence-corrected chi connectivity index (χ1v) is 8.67. The first-order valence-electron chi connectivity index (χ1n) is 7.79. The molecule has 0 aromatic carbocycles. The summed E-state index contributed by atoms with van der Waals surface area (Å²) in [6.45, 7) is 4.45. The second-order valence-corrected chi connectivity index (χ2v) is 6.91. The average Bonchev–Trinajstić information content (AvgIpc) is 3.15. The number of likely N-dealkylation sites (tertiary alicyclic amines) is 1. The zero-order chi connectivity index (χ0) is 16.2. The molecule has 0 radical (unpaired) electrons. The van der Waals surface area contributed by atoms with Gasteiger partial charge in [-0.3, -0.25) is 9.59 Å². The molecule has 2 atom stereocenters. The number of thiophene rings is 1. The van der Waals surface area contributed by atoms with Crippen molar-refractivity contribution in [2.45, 2.75) is 51.2 Å². The van der Waals surface area contributed by atoms with Crippen LogP contribution >= 0.6 is 11.3 Å². The maximum absolute atomic E-state index is 12.4. The van der Waals surface area contributed by atoms with Crippen molar-refractivity contribution in [2.75, 3.05) is 13.1 Å². The molecule has 0 bridgehead atoms. The number of rotatable bonds is 6. The van der Waals surface area contributed by atoms with E-state index in [1.165, 1.54) is 11.3 Å². The molecule has 1 aliphatic rings. The van der Waals surface area contributed by atoms with Crippen molar-refractivity contribution >= 4 is 23.2 Å². The highest BCUT2D eigenvalue weighted by atomic mass is 32.1. The average molecular weight is 324 g/mol. The lowest BCUT2D eigenvalue weighted by Crippen LogP contribution is -2.48. The minimum Gasteiger partial charge on any atom is -0.383 e. The SMILES string of the molecule is CCCC(=O)N1CCCC1C(=O)NCC(C)(O)c1cccs1. The van der Waals surface area contributed by atoms with Crippen molar-refractivity contribution in [2.24, 2.45) is 0 Å². The van der Waals surface area contributed by atoms with E-state index in [1.54, 1.807) is 11.8 Å². The minimum atomic E-state index is -1.08. The molecule has 0 aliphatic carbocycles. The molecule has 1 aromatic rings. The summed E-state index contributed by atoms with van der Waals surface area (Å²) < 4.78 is 0. The summed E-state index contributed by atoms with van der Waals surface area (Å²) in [4.78, 5) is 26.9. The van der Waals surface area contributed by atoms with Gasteiger partial charge in [0.2, 0.25) is 11.8 Å². The van der Waals surface area contributed by atoms with Crippen molar-refractivity contribution in [3.05, 3.63) is 22.4 Å². The standard InChI is InChI=1S/C16H24N2O3S/c1-3-6-14(19)18-9-4-7-12(18)15(20)17-11-16(2,21)13-8-5-10-22-13/h5,8,10,12,21H,3-4,6-7,9,11H2,1-2H3,(H,17,20). The Hall–Kier alpha value is -1.40. The number of nitrogens with zero attached hydrogens (tertiary/aromatic N) is 1. The van der Waals surface area contributed by atoms with E-state index < -0.39 is 11.6 Å². The maximum Gasteiger partial charge on any atom is 0.242 e. The highest BCUT2D eigenvalue weighted by Crippen LogP contribution is 2.25. The van der Waals surface area contributed by atoms with Crippen LogP contribution in [0.1, 0.15) is 44.4 Å². The molecule has 22 heavy (non-hydrogen) atoms. The fourth-order valence-electron chi connectivity index (χ4n) is 2.74. The van der Waals surface area contributed by atoms with E-state index in [2.05, 4.69) is 5.32 Å². The Kier molecular flexibility index (Phi) is 5.58. The minimum absolute atomic E-state index is 0.0465. The molecule has 0 spiro atoms. The van der Waals surface area contributed by atoms with Crippen molar-refractivity contribution in [1.82, 2.24) is 10.2 Å². The molecule has 2 rings (SSSR count). The Morgan fingerprint density at radius 1 is 1.55 bits per heavy atom. The number of amides is 2. The van der Waals surface area contributed by atoms with Gasteiger partial charge < -0.3 is 15.3 Å². The lowest BCUT2D eigenvalue weighted by atomic mass is 10.0. The van der Waals surface area contributed by atoms with Crippen LogP contribution in [0.25, 0.3) is 0 Å². The third-order valence-corrected chi connectivity index (χ3v) is 5.12. The Bertz CT molecular complexity index is 513. The molecule has 1 saturated heterocycles. The molecule has 1 aromatic heterocycles. The molecular formula is C16H24N2O3S. The molecular weight excluding hydrogens is 300 g/mol. The number of aliphatic hydroxyl groups is 1. The lowest BCUT2D eigenvalue weighted by Gasteiger charge is -2.27. The van der Waals surface area contributed by atoms with Crippen molar-refractivity contribution in [3.63, 3.8) is 0 Å². The van der Waals surface area contributed by atoms with Crippen LogP contribution in [-0.2, 0) is 15.2 Å². The summed E-state index contributed by atoms with van der Waals surface area (Å²) in [7, 11) is 0. The quantitative estimate of drug-likeness (QED) is 0.839. The van der Waals surface area contributed by atoms with Gasteiger partial charge in [-0.15, -0.1) is 11.3 Å². The molecule has 6 heteroatoms. The van der Waals surface area contributed by atoms with Crippen LogP contribution in [0.2, 0.25) is 0 Å². The molecule has 5 nitrogen and oxygen atoms in total. The summed E-state index contributed by atoms with van der Waals surface area (Å²) in [5.74, 6) is -0.121. The van der Waals surface area contributed by atoms with Gasteiger partial charge in [0.15, 0.2) is 0 Å². The summed E-state index contributed by atoms with van der Waals surface area (Å²) in [6.07, 6.45) is 2.82. The summed E-state index contributed by atoms with van der Waals surface area (Å²) in [6, 6.07) is 3.33. The third kappa shape index (κ3) is 3.87. The van der Waals surface area contributed by atoms with Crippen LogP contribution in [-0.4, -0.2) is 41.0 Å². The predicted molar refractivity (Wildman–Crippen MR) is 86.5 cm³/mol. The van der Waals surface area contributed by atoms with Crippen molar-refractivity contribution < 1.29 is 14.7 Å². The van der Waals surface area contributed by atoms with Gasteiger partial charge in [0.25, 0.3) is 0 Å². The second-order valence-electron chi connectivity index (χ2n) is 5.96. The molecule has 2 N–H and O–H groups in total. The number of carbonyl (C=O) groups excluding carboxylic acids is 2. The molecule has 2 amide bonds. The number of carbonyl (C=O) groups is 2. The van der Waals surface area contributed by atoms with Gasteiger partial charge in [0.1, 0.15) is 11.6 Å². The van der Waals surface area contributed by atoms with Gasteiger partial charge in [-0.05, 0) is 37.6 Å². The van der Waals surface area contributed by atoms with Crippen LogP contribution in [0, 0.1) is 0 Å². The van der Waals surface area contributed by atoms with E-state index in [1.807, 2.05) is 24.4 Å². The summed E-state index contributed by atoms with van der Waals surface area (Å²) in [5.41, 5.74) is -1.08. The summed E-state index contributed by atoms with van der Waals surface area (Å²) in [5, 5.41) is 15.1.